The highest BCUT2D eigenvalue weighted by Crippen LogP contribution is 2.27. The highest BCUT2D eigenvalue weighted by atomic mass is 16.5. The Labute approximate surface area is 84.3 Å². The van der Waals surface area contributed by atoms with Crippen molar-refractivity contribution in [3.8, 4) is 0 Å². The molecule has 5 nitrogen and oxygen atoms in total. The number of hydrogen-bond donors (Lipinski definition) is 2. The maximum Gasteiger partial charge on any atom is 0.208 e. The van der Waals surface area contributed by atoms with Gasteiger partial charge in [0.25, 0.3) is 0 Å². The van der Waals surface area contributed by atoms with Crippen LogP contribution in [0, 0.1) is 0 Å². The van der Waals surface area contributed by atoms with E-state index in [4.69, 9.17) is 10.6 Å². The van der Waals surface area contributed by atoms with Crippen molar-refractivity contribution in [1.82, 2.24) is 10.3 Å². The summed E-state index contributed by atoms with van der Waals surface area (Å²) in [6.07, 6.45) is 2.55. The predicted molar refractivity (Wildman–Crippen MR) is 54.8 cm³/mol. The zero-order valence-corrected chi connectivity index (χ0v) is 8.57. The molecule has 2 saturated heterocycles. The quantitative estimate of drug-likeness (QED) is 0.276. The highest BCUT2D eigenvalue weighted by molar-refractivity contribution is 5.80. The molecule has 2 atom stereocenters. The number of fused-ring (bicyclic) bond motifs is 2. The van der Waals surface area contributed by atoms with E-state index in [-0.39, 0.29) is 0 Å². The average Bonchev–Trinajstić information content (AvgIpc) is 2.80. The Morgan fingerprint density at radius 3 is 3.07 bits per heavy atom. The Kier molecular flexibility index (Phi) is 2.88. The molecular formula is C9H18N4O. The fraction of sp³-hybridized carbons (Fsp3) is 0.889. The maximum atomic E-state index is 5.52. The molecule has 3 N–H and O–H groups in total. The van der Waals surface area contributed by atoms with Gasteiger partial charge in [-0.05, 0) is 12.8 Å². The minimum absolute atomic E-state index is 0.389. The monoisotopic (exact) mass is 198 g/mol. The molecule has 2 aliphatic heterocycles. The van der Waals surface area contributed by atoms with Crippen LogP contribution in [0.25, 0.3) is 0 Å². The molecule has 2 unspecified atom stereocenters. The summed E-state index contributed by atoms with van der Waals surface area (Å²) in [6.45, 7) is 4.68. The highest BCUT2D eigenvalue weighted by Gasteiger charge is 2.40. The van der Waals surface area contributed by atoms with Gasteiger partial charge >= 0.3 is 0 Å². The Hall–Kier alpha value is -0.810. The summed E-state index contributed by atoms with van der Waals surface area (Å²) in [7, 11) is 0. The largest absolute Gasteiger partial charge is 0.374 e. The fourth-order valence-electron chi connectivity index (χ4n) is 2.10. The first kappa shape index (κ1) is 9.73. The summed E-state index contributed by atoms with van der Waals surface area (Å²) in [5.74, 6) is 6.28. The zero-order valence-electron chi connectivity index (χ0n) is 8.57. The number of ether oxygens (including phenoxy) is 1. The SMILES string of the molecule is CCCN=C(NN)N1CC2CC1CO2. The van der Waals surface area contributed by atoms with Crippen LogP contribution in [0.1, 0.15) is 19.8 Å². The molecule has 14 heavy (non-hydrogen) atoms. The second-order valence-electron chi connectivity index (χ2n) is 3.85. The standard InChI is InChI=1S/C9H18N4O/c1-2-3-11-9(12-10)13-5-8-4-7(13)6-14-8/h7-8H,2-6,10H2,1H3,(H,11,12). The molecule has 0 aromatic heterocycles. The van der Waals surface area contributed by atoms with E-state index in [9.17, 15) is 0 Å². The summed E-state index contributed by atoms with van der Waals surface area (Å²) >= 11 is 0. The molecule has 2 fully saturated rings. The zero-order chi connectivity index (χ0) is 9.97. The Morgan fingerprint density at radius 2 is 2.57 bits per heavy atom. The van der Waals surface area contributed by atoms with Crippen LogP contribution in [0.2, 0.25) is 0 Å². The third-order valence-corrected chi connectivity index (χ3v) is 2.79. The molecule has 0 aromatic carbocycles. The molecule has 0 amide bonds. The topological polar surface area (TPSA) is 62.9 Å². The number of nitrogens with zero attached hydrogens (tertiary/aromatic N) is 2. The van der Waals surface area contributed by atoms with Gasteiger partial charge in [-0.15, -0.1) is 0 Å². The summed E-state index contributed by atoms with van der Waals surface area (Å²) in [4.78, 5) is 6.64. The van der Waals surface area contributed by atoms with Gasteiger partial charge in [0, 0.05) is 13.1 Å². The van der Waals surface area contributed by atoms with E-state index in [1.165, 1.54) is 0 Å². The van der Waals surface area contributed by atoms with Gasteiger partial charge in [-0.1, -0.05) is 6.92 Å². The maximum absolute atomic E-state index is 5.52. The van der Waals surface area contributed by atoms with Crippen molar-refractivity contribution in [1.29, 1.82) is 0 Å². The van der Waals surface area contributed by atoms with Crippen LogP contribution in [0.4, 0.5) is 0 Å². The molecule has 2 aliphatic rings. The lowest BCUT2D eigenvalue weighted by Gasteiger charge is -2.29. The van der Waals surface area contributed by atoms with Gasteiger partial charge in [0.1, 0.15) is 0 Å². The second kappa shape index (κ2) is 4.14. The number of nitrogens with one attached hydrogen (secondary N) is 1. The lowest BCUT2D eigenvalue weighted by atomic mass is 10.2. The first-order valence-corrected chi connectivity index (χ1v) is 5.24. The fourth-order valence-corrected chi connectivity index (χ4v) is 2.10. The van der Waals surface area contributed by atoms with Crippen molar-refractivity contribution in [3.63, 3.8) is 0 Å². The van der Waals surface area contributed by atoms with E-state index >= 15 is 0 Å². The van der Waals surface area contributed by atoms with E-state index in [0.29, 0.717) is 12.1 Å². The number of aliphatic imine (C=N–C) groups is 1. The smallest absolute Gasteiger partial charge is 0.208 e. The average molecular weight is 198 g/mol. The van der Waals surface area contributed by atoms with Gasteiger partial charge < -0.3 is 9.64 Å². The lowest BCUT2D eigenvalue weighted by molar-refractivity contribution is 0.0553. The summed E-state index contributed by atoms with van der Waals surface area (Å²) in [5.41, 5.74) is 2.68. The predicted octanol–water partition coefficient (Wildman–Crippen LogP) is -0.311. The van der Waals surface area contributed by atoms with Crippen molar-refractivity contribution >= 4 is 5.96 Å². The van der Waals surface area contributed by atoms with Gasteiger partial charge in [0.2, 0.25) is 5.96 Å². The Balaban J connectivity index is 1.98. The number of hydrogen-bond acceptors (Lipinski definition) is 3. The minimum atomic E-state index is 0.389. The summed E-state index contributed by atoms with van der Waals surface area (Å²) in [5, 5.41) is 0. The Bertz CT molecular complexity index is 231. The van der Waals surface area contributed by atoms with Crippen LogP contribution in [0.3, 0.4) is 0 Å². The molecule has 0 aliphatic carbocycles. The number of morpholine rings is 1. The van der Waals surface area contributed by atoms with E-state index in [0.717, 1.165) is 38.5 Å². The molecule has 2 rings (SSSR count). The van der Waals surface area contributed by atoms with Crippen molar-refractivity contribution < 1.29 is 4.74 Å². The molecule has 2 heterocycles. The third-order valence-electron chi connectivity index (χ3n) is 2.79. The molecule has 80 valence electrons. The van der Waals surface area contributed by atoms with E-state index in [1.54, 1.807) is 0 Å². The van der Waals surface area contributed by atoms with Crippen molar-refractivity contribution in [2.75, 3.05) is 19.7 Å². The summed E-state index contributed by atoms with van der Waals surface area (Å²) < 4.78 is 5.52. The first-order valence-electron chi connectivity index (χ1n) is 5.24. The summed E-state index contributed by atoms with van der Waals surface area (Å²) in [6, 6.07) is 0.478. The second-order valence-corrected chi connectivity index (χ2v) is 3.85. The van der Waals surface area contributed by atoms with Gasteiger partial charge in [-0.3, -0.25) is 10.4 Å². The molecule has 0 radical (unpaired) electrons. The normalized spacial score (nSPS) is 31.3. The molecule has 0 spiro atoms. The number of likely N-dealkylation sites (tertiary alicyclic amines) is 1. The third kappa shape index (κ3) is 1.69. The number of nitrogens with two attached hydrogens (primary N) is 1. The minimum Gasteiger partial charge on any atom is -0.374 e. The van der Waals surface area contributed by atoms with Crippen LogP contribution in [-0.4, -0.2) is 42.7 Å². The van der Waals surface area contributed by atoms with Crippen molar-refractivity contribution in [2.24, 2.45) is 10.8 Å². The van der Waals surface area contributed by atoms with Crippen molar-refractivity contribution in [2.45, 2.75) is 31.9 Å². The van der Waals surface area contributed by atoms with Crippen LogP contribution in [-0.2, 0) is 4.74 Å². The van der Waals surface area contributed by atoms with Crippen LogP contribution >= 0.6 is 0 Å². The van der Waals surface area contributed by atoms with E-state index < -0.39 is 0 Å². The van der Waals surface area contributed by atoms with Gasteiger partial charge in [-0.25, -0.2) is 5.84 Å². The van der Waals surface area contributed by atoms with E-state index in [2.05, 4.69) is 22.2 Å². The Morgan fingerprint density at radius 1 is 1.71 bits per heavy atom. The van der Waals surface area contributed by atoms with Crippen LogP contribution in [0.5, 0.6) is 0 Å². The number of rotatable bonds is 2. The molecule has 0 aromatic rings. The van der Waals surface area contributed by atoms with Gasteiger partial charge in [0.05, 0.1) is 18.8 Å². The number of hydrazine groups is 1. The first-order chi connectivity index (χ1) is 6.85. The van der Waals surface area contributed by atoms with Gasteiger partial charge in [0.15, 0.2) is 0 Å². The van der Waals surface area contributed by atoms with E-state index in [1.807, 2.05) is 0 Å². The van der Waals surface area contributed by atoms with Crippen LogP contribution < -0.4 is 11.3 Å². The number of guanidine groups is 1. The van der Waals surface area contributed by atoms with Gasteiger partial charge in [-0.2, -0.15) is 0 Å². The molecule has 2 bridgehead atoms. The lowest BCUT2D eigenvalue weighted by Crippen LogP contribution is -2.50. The molecule has 0 saturated carbocycles. The van der Waals surface area contributed by atoms with Crippen LogP contribution in [0.15, 0.2) is 4.99 Å². The van der Waals surface area contributed by atoms with Crippen molar-refractivity contribution in [3.05, 3.63) is 0 Å². The molecular weight excluding hydrogens is 180 g/mol. The molecule has 5 heteroatoms.